The van der Waals surface area contributed by atoms with Crippen LogP contribution in [0, 0.1) is 5.92 Å². The molecule has 0 spiro atoms. The van der Waals surface area contributed by atoms with Crippen molar-refractivity contribution in [3.8, 4) is 0 Å². The Morgan fingerprint density at radius 1 is 1.50 bits per heavy atom. The number of methoxy groups -OCH3 is 1. The summed E-state index contributed by atoms with van der Waals surface area (Å²) < 4.78 is 5.00. The maximum absolute atomic E-state index is 8.88. The van der Waals surface area contributed by atoms with E-state index in [9.17, 15) is 0 Å². The fraction of sp³-hybridized carbons (Fsp3) is 1.00. The van der Waals surface area contributed by atoms with E-state index in [1.54, 1.807) is 7.11 Å². The highest BCUT2D eigenvalue weighted by atomic mass is 16.5. The number of aliphatic hydroxyl groups excluding tert-OH is 1. The van der Waals surface area contributed by atoms with Crippen LogP contribution in [0.5, 0.6) is 0 Å². The van der Waals surface area contributed by atoms with Crippen LogP contribution in [0.4, 0.5) is 0 Å². The van der Waals surface area contributed by atoms with E-state index in [0.29, 0.717) is 5.92 Å². The van der Waals surface area contributed by atoms with Gasteiger partial charge in [-0.25, -0.2) is 0 Å². The van der Waals surface area contributed by atoms with E-state index >= 15 is 0 Å². The predicted octanol–water partition coefficient (Wildman–Crippen LogP) is 0.629. The summed E-state index contributed by atoms with van der Waals surface area (Å²) >= 11 is 0. The van der Waals surface area contributed by atoms with Crippen LogP contribution in [-0.2, 0) is 4.74 Å². The Kier molecular flexibility index (Phi) is 7.45. The largest absolute Gasteiger partial charge is 0.395 e. The van der Waals surface area contributed by atoms with Crippen molar-refractivity contribution < 1.29 is 9.84 Å². The zero-order valence-corrected chi connectivity index (χ0v) is 8.34. The van der Waals surface area contributed by atoms with Gasteiger partial charge in [0.05, 0.1) is 6.61 Å². The first kappa shape index (κ1) is 11.9. The SMILES string of the molecule is CC[C@@H](CO)NCC(C)COC. The Morgan fingerprint density at radius 3 is 2.58 bits per heavy atom. The highest BCUT2D eigenvalue weighted by Gasteiger charge is 2.06. The monoisotopic (exact) mass is 175 g/mol. The quantitative estimate of drug-likeness (QED) is 0.596. The van der Waals surface area contributed by atoms with E-state index in [1.807, 2.05) is 0 Å². The normalized spacial score (nSPS) is 16.0. The van der Waals surface area contributed by atoms with Crippen molar-refractivity contribution in [3.05, 3.63) is 0 Å². The molecule has 0 aromatic rings. The minimum Gasteiger partial charge on any atom is -0.395 e. The Balaban J connectivity index is 3.37. The van der Waals surface area contributed by atoms with E-state index < -0.39 is 0 Å². The van der Waals surface area contributed by atoms with Gasteiger partial charge in [0.1, 0.15) is 0 Å². The van der Waals surface area contributed by atoms with Gasteiger partial charge in [0.15, 0.2) is 0 Å². The fourth-order valence-corrected chi connectivity index (χ4v) is 1.05. The summed E-state index contributed by atoms with van der Waals surface area (Å²) in [5.41, 5.74) is 0. The van der Waals surface area contributed by atoms with Gasteiger partial charge in [-0.3, -0.25) is 0 Å². The smallest absolute Gasteiger partial charge is 0.0584 e. The number of rotatable bonds is 7. The maximum Gasteiger partial charge on any atom is 0.0584 e. The molecule has 0 aliphatic heterocycles. The second-order valence-electron chi connectivity index (χ2n) is 3.26. The van der Waals surface area contributed by atoms with Crippen molar-refractivity contribution >= 4 is 0 Å². The lowest BCUT2D eigenvalue weighted by atomic mass is 10.1. The Morgan fingerprint density at radius 2 is 2.17 bits per heavy atom. The average Bonchev–Trinajstić information content (AvgIpc) is 2.07. The first-order chi connectivity index (χ1) is 5.74. The van der Waals surface area contributed by atoms with Crippen molar-refractivity contribution in [2.24, 2.45) is 5.92 Å². The molecule has 0 aromatic carbocycles. The van der Waals surface area contributed by atoms with E-state index in [1.165, 1.54) is 0 Å². The van der Waals surface area contributed by atoms with Crippen LogP contribution in [0.1, 0.15) is 20.3 Å². The molecule has 0 radical (unpaired) electrons. The van der Waals surface area contributed by atoms with Gasteiger partial charge in [-0.2, -0.15) is 0 Å². The number of ether oxygens (including phenoxy) is 1. The van der Waals surface area contributed by atoms with Gasteiger partial charge in [-0.15, -0.1) is 0 Å². The van der Waals surface area contributed by atoms with E-state index in [-0.39, 0.29) is 12.6 Å². The highest BCUT2D eigenvalue weighted by Crippen LogP contribution is 1.95. The Bertz CT molecular complexity index is 94.5. The van der Waals surface area contributed by atoms with Crippen LogP contribution >= 0.6 is 0 Å². The molecule has 3 heteroatoms. The lowest BCUT2D eigenvalue weighted by Gasteiger charge is -2.17. The minimum atomic E-state index is 0.218. The van der Waals surface area contributed by atoms with Gasteiger partial charge in [0.25, 0.3) is 0 Å². The summed E-state index contributed by atoms with van der Waals surface area (Å²) in [5.74, 6) is 0.510. The van der Waals surface area contributed by atoms with Gasteiger partial charge in [0.2, 0.25) is 0 Å². The lowest BCUT2D eigenvalue weighted by Crippen LogP contribution is -2.35. The second-order valence-corrected chi connectivity index (χ2v) is 3.26. The Hall–Kier alpha value is -0.120. The molecule has 3 nitrogen and oxygen atoms in total. The van der Waals surface area contributed by atoms with Crippen molar-refractivity contribution in [1.82, 2.24) is 5.32 Å². The summed E-state index contributed by atoms with van der Waals surface area (Å²) in [6, 6.07) is 0.240. The molecular formula is C9H21NO2. The number of nitrogens with one attached hydrogen (secondary N) is 1. The molecule has 0 aliphatic carbocycles. The molecule has 1 unspecified atom stereocenters. The molecule has 74 valence electrons. The van der Waals surface area contributed by atoms with Crippen LogP contribution in [0.15, 0.2) is 0 Å². The average molecular weight is 175 g/mol. The first-order valence-electron chi connectivity index (χ1n) is 4.57. The van der Waals surface area contributed by atoms with Gasteiger partial charge in [0, 0.05) is 26.3 Å². The summed E-state index contributed by atoms with van der Waals surface area (Å²) in [5, 5.41) is 12.1. The van der Waals surface area contributed by atoms with E-state index in [4.69, 9.17) is 9.84 Å². The molecule has 0 rings (SSSR count). The molecular weight excluding hydrogens is 154 g/mol. The van der Waals surface area contributed by atoms with Crippen molar-refractivity contribution in [3.63, 3.8) is 0 Å². The van der Waals surface area contributed by atoms with Crippen LogP contribution in [0.2, 0.25) is 0 Å². The molecule has 12 heavy (non-hydrogen) atoms. The number of hydrogen-bond acceptors (Lipinski definition) is 3. The third-order valence-electron chi connectivity index (χ3n) is 1.92. The van der Waals surface area contributed by atoms with Crippen molar-refractivity contribution in [2.45, 2.75) is 26.3 Å². The van der Waals surface area contributed by atoms with Crippen molar-refractivity contribution in [1.29, 1.82) is 0 Å². The standard InChI is InChI=1S/C9H21NO2/c1-4-9(6-11)10-5-8(2)7-12-3/h8-11H,4-7H2,1-3H3/t8?,9-/m0/s1. The van der Waals surface area contributed by atoms with Gasteiger partial charge < -0.3 is 15.2 Å². The molecule has 0 amide bonds. The van der Waals surface area contributed by atoms with Gasteiger partial charge >= 0.3 is 0 Å². The maximum atomic E-state index is 8.88. The Labute approximate surface area is 75.1 Å². The van der Waals surface area contributed by atoms with Crippen LogP contribution < -0.4 is 5.32 Å². The molecule has 2 N–H and O–H groups in total. The molecule has 0 aliphatic rings. The zero-order valence-electron chi connectivity index (χ0n) is 8.34. The number of hydrogen-bond donors (Lipinski definition) is 2. The molecule has 0 saturated heterocycles. The summed E-state index contributed by atoms with van der Waals surface area (Å²) in [6.45, 7) is 6.09. The van der Waals surface area contributed by atoms with Crippen LogP contribution in [-0.4, -0.2) is 38.0 Å². The summed E-state index contributed by atoms with van der Waals surface area (Å²) in [6.07, 6.45) is 0.968. The van der Waals surface area contributed by atoms with Crippen molar-refractivity contribution in [2.75, 3.05) is 26.9 Å². The fourth-order valence-electron chi connectivity index (χ4n) is 1.05. The van der Waals surface area contributed by atoms with Gasteiger partial charge in [-0.1, -0.05) is 13.8 Å². The predicted molar refractivity (Wildman–Crippen MR) is 50.2 cm³/mol. The molecule has 0 fully saturated rings. The zero-order chi connectivity index (χ0) is 9.40. The molecule has 0 heterocycles. The first-order valence-corrected chi connectivity index (χ1v) is 4.57. The molecule has 0 aromatic heterocycles. The third-order valence-corrected chi connectivity index (χ3v) is 1.92. The van der Waals surface area contributed by atoms with E-state index in [2.05, 4.69) is 19.2 Å². The van der Waals surface area contributed by atoms with Crippen LogP contribution in [0.25, 0.3) is 0 Å². The van der Waals surface area contributed by atoms with E-state index in [0.717, 1.165) is 19.6 Å². The topological polar surface area (TPSA) is 41.5 Å². The third kappa shape index (κ3) is 5.52. The number of aliphatic hydroxyl groups is 1. The highest BCUT2D eigenvalue weighted by molar-refractivity contribution is 4.65. The van der Waals surface area contributed by atoms with Gasteiger partial charge in [-0.05, 0) is 12.3 Å². The molecule has 2 atom stereocenters. The summed E-state index contributed by atoms with van der Waals surface area (Å²) in [7, 11) is 1.71. The summed E-state index contributed by atoms with van der Waals surface area (Å²) in [4.78, 5) is 0. The second kappa shape index (κ2) is 7.53. The molecule has 0 saturated carbocycles. The minimum absolute atomic E-state index is 0.218. The lowest BCUT2D eigenvalue weighted by molar-refractivity contribution is 0.152. The molecule has 0 bridgehead atoms. The van der Waals surface area contributed by atoms with Crippen LogP contribution in [0.3, 0.4) is 0 Å².